The van der Waals surface area contributed by atoms with Crippen LogP contribution in [0.2, 0.25) is 0 Å². The second-order valence-electron chi connectivity index (χ2n) is 4.67. The van der Waals surface area contributed by atoms with E-state index in [0.29, 0.717) is 0 Å². The zero-order chi connectivity index (χ0) is 11.6. The van der Waals surface area contributed by atoms with Gasteiger partial charge in [-0.3, -0.25) is 0 Å². The molecule has 1 heterocycles. The molecule has 1 atom stereocenters. The van der Waals surface area contributed by atoms with Crippen molar-refractivity contribution in [2.75, 3.05) is 12.8 Å². The minimum absolute atomic E-state index is 0.147. The number of ether oxygens (including phenoxy) is 1. The van der Waals surface area contributed by atoms with Gasteiger partial charge in [0.2, 0.25) is 0 Å². The maximum absolute atomic E-state index is 5.92. The molecule has 0 spiro atoms. The van der Waals surface area contributed by atoms with Crippen LogP contribution in [0.25, 0.3) is 0 Å². The lowest BCUT2D eigenvalue weighted by Gasteiger charge is -2.27. The third-order valence-electron chi connectivity index (χ3n) is 2.78. The van der Waals surface area contributed by atoms with Crippen LogP contribution in [-0.4, -0.2) is 22.5 Å². The molecule has 15 heavy (non-hydrogen) atoms. The Labute approximate surface area is 91.4 Å². The molecule has 0 aliphatic carbocycles. The van der Waals surface area contributed by atoms with Gasteiger partial charge in [0.1, 0.15) is 5.82 Å². The number of hydrogen-bond donors (Lipinski definition) is 1. The van der Waals surface area contributed by atoms with Gasteiger partial charge in [0.25, 0.3) is 0 Å². The van der Waals surface area contributed by atoms with Crippen molar-refractivity contribution in [2.45, 2.75) is 45.8 Å². The van der Waals surface area contributed by atoms with Gasteiger partial charge in [0.15, 0.2) is 0 Å². The summed E-state index contributed by atoms with van der Waals surface area (Å²) in [5, 5.41) is 4.27. The van der Waals surface area contributed by atoms with E-state index >= 15 is 0 Å². The Balaban J connectivity index is 2.77. The molecule has 0 aliphatic rings. The maximum Gasteiger partial charge on any atom is 0.124 e. The lowest BCUT2D eigenvalue weighted by atomic mass is 10.00. The molecule has 0 aromatic carbocycles. The highest BCUT2D eigenvalue weighted by Crippen LogP contribution is 2.25. The fourth-order valence-corrected chi connectivity index (χ4v) is 1.69. The fourth-order valence-electron chi connectivity index (χ4n) is 1.69. The average Bonchev–Trinajstić information content (AvgIpc) is 2.47. The number of anilines is 1. The van der Waals surface area contributed by atoms with Gasteiger partial charge in [0, 0.05) is 12.7 Å². The van der Waals surface area contributed by atoms with Crippen molar-refractivity contribution in [3.8, 4) is 0 Å². The van der Waals surface area contributed by atoms with Crippen LogP contribution < -0.4 is 5.73 Å². The van der Waals surface area contributed by atoms with Crippen LogP contribution >= 0.6 is 0 Å². The van der Waals surface area contributed by atoms with Crippen LogP contribution in [0.1, 0.15) is 38.8 Å². The van der Waals surface area contributed by atoms with Crippen molar-refractivity contribution in [3.63, 3.8) is 0 Å². The normalized spacial score (nSPS) is 14.2. The van der Waals surface area contributed by atoms with Crippen LogP contribution in [-0.2, 0) is 4.74 Å². The van der Waals surface area contributed by atoms with Gasteiger partial charge in [-0.05, 0) is 34.1 Å². The number of aryl methyl sites for hydroxylation is 1. The van der Waals surface area contributed by atoms with E-state index in [2.05, 4.69) is 25.9 Å². The lowest BCUT2D eigenvalue weighted by molar-refractivity contribution is 0.00443. The smallest absolute Gasteiger partial charge is 0.124 e. The first kappa shape index (κ1) is 12.0. The Morgan fingerprint density at radius 3 is 2.60 bits per heavy atom. The number of nitrogens with two attached hydrogens (primary N) is 1. The third-order valence-corrected chi connectivity index (χ3v) is 2.78. The Morgan fingerprint density at radius 1 is 1.60 bits per heavy atom. The molecule has 0 bridgehead atoms. The van der Waals surface area contributed by atoms with Crippen LogP contribution in [0.15, 0.2) is 6.20 Å². The van der Waals surface area contributed by atoms with Crippen LogP contribution in [0, 0.1) is 6.92 Å². The van der Waals surface area contributed by atoms with Gasteiger partial charge in [-0.25, -0.2) is 4.68 Å². The van der Waals surface area contributed by atoms with Crippen molar-refractivity contribution in [2.24, 2.45) is 0 Å². The van der Waals surface area contributed by atoms with E-state index in [9.17, 15) is 0 Å². The molecule has 0 saturated heterocycles. The van der Waals surface area contributed by atoms with Crippen molar-refractivity contribution >= 4 is 5.82 Å². The molecule has 86 valence electrons. The maximum atomic E-state index is 5.92. The van der Waals surface area contributed by atoms with Gasteiger partial charge in [-0.2, -0.15) is 5.10 Å². The molecular weight excluding hydrogens is 190 g/mol. The van der Waals surface area contributed by atoms with Gasteiger partial charge < -0.3 is 10.5 Å². The summed E-state index contributed by atoms with van der Waals surface area (Å²) in [4.78, 5) is 0. The highest BCUT2D eigenvalue weighted by molar-refractivity contribution is 5.37. The minimum atomic E-state index is -0.147. The van der Waals surface area contributed by atoms with Crippen molar-refractivity contribution in [1.82, 2.24) is 9.78 Å². The molecule has 0 radical (unpaired) electrons. The van der Waals surface area contributed by atoms with Crippen molar-refractivity contribution in [1.29, 1.82) is 0 Å². The van der Waals surface area contributed by atoms with Crippen LogP contribution in [0.3, 0.4) is 0 Å². The van der Waals surface area contributed by atoms with E-state index in [1.165, 1.54) is 0 Å². The van der Waals surface area contributed by atoms with Crippen molar-refractivity contribution in [3.05, 3.63) is 11.8 Å². The quantitative estimate of drug-likeness (QED) is 0.830. The third kappa shape index (κ3) is 2.72. The summed E-state index contributed by atoms with van der Waals surface area (Å²) in [7, 11) is 1.73. The molecule has 2 N–H and O–H groups in total. The highest BCUT2D eigenvalue weighted by atomic mass is 16.5. The molecule has 1 rings (SSSR count). The number of nitrogens with zero attached hydrogens (tertiary/aromatic N) is 2. The molecule has 4 nitrogen and oxygen atoms in total. The number of rotatable bonds is 4. The first-order chi connectivity index (χ1) is 6.87. The Hall–Kier alpha value is -1.03. The summed E-state index contributed by atoms with van der Waals surface area (Å²) in [6.07, 6.45) is 2.68. The van der Waals surface area contributed by atoms with E-state index < -0.39 is 0 Å². The Morgan fingerprint density at radius 2 is 2.20 bits per heavy atom. The van der Waals surface area contributed by atoms with E-state index in [1.807, 2.05) is 11.6 Å². The molecule has 1 aromatic rings. The fraction of sp³-hybridized carbons (Fsp3) is 0.727. The summed E-state index contributed by atoms with van der Waals surface area (Å²) in [5.41, 5.74) is 6.80. The monoisotopic (exact) mass is 211 g/mol. The molecule has 0 amide bonds. The predicted octanol–water partition coefficient (Wildman–Crippen LogP) is 2.15. The molecule has 0 saturated carbocycles. The van der Waals surface area contributed by atoms with Crippen LogP contribution in [0.4, 0.5) is 5.82 Å². The van der Waals surface area contributed by atoms with E-state index in [-0.39, 0.29) is 11.6 Å². The lowest BCUT2D eigenvalue weighted by Crippen LogP contribution is -2.27. The number of methoxy groups -OCH3 is 1. The summed E-state index contributed by atoms with van der Waals surface area (Å²) >= 11 is 0. The predicted molar refractivity (Wildman–Crippen MR) is 61.8 cm³/mol. The van der Waals surface area contributed by atoms with E-state index in [4.69, 9.17) is 10.5 Å². The minimum Gasteiger partial charge on any atom is -0.384 e. The topological polar surface area (TPSA) is 53.1 Å². The molecule has 1 aromatic heterocycles. The highest BCUT2D eigenvalue weighted by Gasteiger charge is 2.22. The molecule has 0 fully saturated rings. The standard InChI is InChI=1S/C11H21N3O/c1-8-7-13-14(10(8)12)9(2)6-11(3,4)15-5/h7,9H,6,12H2,1-5H3. The van der Waals surface area contributed by atoms with Gasteiger partial charge in [0.05, 0.1) is 17.8 Å². The number of aromatic nitrogens is 2. The van der Waals surface area contributed by atoms with Gasteiger partial charge >= 0.3 is 0 Å². The zero-order valence-electron chi connectivity index (χ0n) is 10.2. The average molecular weight is 211 g/mol. The number of hydrogen-bond acceptors (Lipinski definition) is 3. The molecule has 4 heteroatoms. The summed E-state index contributed by atoms with van der Waals surface area (Å²) in [6, 6.07) is 0.244. The SMILES string of the molecule is COC(C)(C)CC(C)n1ncc(C)c1N. The summed E-state index contributed by atoms with van der Waals surface area (Å²) in [5.74, 6) is 0.745. The molecule has 0 aliphatic heterocycles. The van der Waals surface area contributed by atoms with E-state index in [1.54, 1.807) is 13.3 Å². The Kier molecular flexibility index (Phi) is 3.39. The van der Waals surface area contributed by atoms with Crippen molar-refractivity contribution < 1.29 is 4.74 Å². The van der Waals surface area contributed by atoms with Crippen LogP contribution in [0.5, 0.6) is 0 Å². The second-order valence-corrected chi connectivity index (χ2v) is 4.67. The summed E-state index contributed by atoms with van der Waals surface area (Å²) < 4.78 is 7.25. The van der Waals surface area contributed by atoms with Gasteiger partial charge in [-0.15, -0.1) is 0 Å². The first-order valence-electron chi connectivity index (χ1n) is 5.22. The number of nitrogen functional groups attached to an aromatic ring is 1. The zero-order valence-corrected chi connectivity index (χ0v) is 10.2. The van der Waals surface area contributed by atoms with Gasteiger partial charge in [-0.1, -0.05) is 0 Å². The summed E-state index contributed by atoms with van der Waals surface area (Å²) in [6.45, 7) is 8.20. The largest absolute Gasteiger partial charge is 0.384 e. The second kappa shape index (κ2) is 4.23. The molecule has 1 unspecified atom stereocenters. The Bertz CT molecular complexity index is 331. The molecular formula is C11H21N3O. The van der Waals surface area contributed by atoms with E-state index in [0.717, 1.165) is 17.8 Å². The first-order valence-corrected chi connectivity index (χ1v) is 5.22.